The van der Waals surface area contributed by atoms with E-state index in [1.54, 1.807) is 31.0 Å². The molecule has 11 heteroatoms. The fourth-order valence-electron chi connectivity index (χ4n) is 6.14. The molecule has 50 heavy (non-hydrogen) atoms. The number of nitrogens with one attached hydrogen (secondary N) is 2. The number of allylic oxidation sites excluding steroid dienone is 4. The Balaban J connectivity index is 1.84. The first-order valence-corrected chi connectivity index (χ1v) is 18.7. The van der Waals surface area contributed by atoms with Crippen LogP contribution in [0, 0.1) is 22.6 Å². The molecule has 2 atom stereocenters. The molecule has 0 radical (unpaired) electrons. The van der Waals surface area contributed by atoms with Crippen molar-refractivity contribution < 1.29 is 22.7 Å². The second-order valence-corrected chi connectivity index (χ2v) is 16.0. The van der Waals surface area contributed by atoms with Crippen molar-refractivity contribution in [2.75, 3.05) is 25.7 Å². The van der Waals surface area contributed by atoms with E-state index in [2.05, 4.69) is 24.2 Å². The van der Waals surface area contributed by atoms with Gasteiger partial charge in [0.15, 0.2) is 5.83 Å². The van der Waals surface area contributed by atoms with Crippen LogP contribution in [0.15, 0.2) is 91.5 Å². The molecule has 2 heterocycles. The number of amidine groups is 2. The molecular formula is C39H47F3N4O2S2. The van der Waals surface area contributed by atoms with Gasteiger partial charge in [-0.05, 0) is 103 Å². The number of thioether (sulfide) groups is 2. The molecular weight excluding hydrogens is 678 g/mol. The summed E-state index contributed by atoms with van der Waals surface area (Å²) in [5, 5.41) is 12.4. The second kappa shape index (κ2) is 17.1. The van der Waals surface area contributed by atoms with Crippen LogP contribution in [0.2, 0.25) is 0 Å². The minimum absolute atomic E-state index is 0.0430. The van der Waals surface area contributed by atoms with Crippen molar-refractivity contribution in [2.24, 2.45) is 21.3 Å². The van der Waals surface area contributed by atoms with Gasteiger partial charge in [0.05, 0.1) is 28.9 Å². The van der Waals surface area contributed by atoms with E-state index in [1.807, 2.05) is 45.0 Å². The number of nitrogens with zero attached hydrogens (tertiary/aromatic N) is 2. The summed E-state index contributed by atoms with van der Waals surface area (Å²) in [5.41, 5.74) is 2.49. The first-order valence-electron chi connectivity index (χ1n) is 16.8. The number of hydrogen-bond donors (Lipinski definition) is 2. The molecule has 1 unspecified atom stereocenters. The van der Waals surface area contributed by atoms with Gasteiger partial charge in [0.25, 0.3) is 0 Å². The van der Waals surface area contributed by atoms with Crippen LogP contribution in [0.5, 0.6) is 0 Å². The van der Waals surface area contributed by atoms with Gasteiger partial charge in [-0.3, -0.25) is 10.2 Å². The van der Waals surface area contributed by atoms with Crippen molar-refractivity contribution >= 4 is 47.1 Å². The van der Waals surface area contributed by atoms with E-state index in [-0.39, 0.29) is 39.4 Å². The molecule has 2 aliphatic rings. The van der Waals surface area contributed by atoms with Crippen molar-refractivity contribution in [3.05, 3.63) is 99.1 Å². The predicted octanol–water partition coefficient (Wildman–Crippen LogP) is 9.90. The lowest BCUT2D eigenvalue weighted by Crippen LogP contribution is -2.34. The Hall–Kier alpha value is -3.57. The van der Waals surface area contributed by atoms with E-state index in [1.165, 1.54) is 25.4 Å². The molecule has 2 bridgehead atoms. The van der Waals surface area contributed by atoms with Crippen LogP contribution in [0.4, 0.5) is 13.2 Å². The topological polar surface area (TPSA) is 86.9 Å². The Bertz CT molecular complexity index is 1760. The molecule has 0 fully saturated rings. The van der Waals surface area contributed by atoms with Crippen molar-refractivity contribution in [3.8, 4) is 0 Å². The lowest BCUT2D eigenvalue weighted by molar-refractivity contribution is -0.144. The average Bonchev–Trinajstić information content (AvgIpc) is 3.08. The number of fused-ring (bicyclic) bond motifs is 3. The largest absolute Gasteiger partial charge is 0.469 e. The smallest absolute Gasteiger partial charge is 0.308 e. The highest BCUT2D eigenvalue weighted by atomic mass is 32.2. The normalized spacial score (nSPS) is 27.1. The molecule has 4 rings (SSSR count). The van der Waals surface area contributed by atoms with E-state index >= 15 is 8.78 Å². The van der Waals surface area contributed by atoms with Crippen molar-refractivity contribution in [1.82, 2.24) is 5.32 Å². The lowest BCUT2D eigenvalue weighted by Gasteiger charge is -2.32. The number of hydrogen-bond acceptors (Lipinski definition) is 7. The van der Waals surface area contributed by atoms with E-state index in [0.29, 0.717) is 35.5 Å². The van der Waals surface area contributed by atoms with Crippen LogP contribution in [-0.4, -0.2) is 49.3 Å². The zero-order chi connectivity index (χ0) is 36.6. The van der Waals surface area contributed by atoms with Crippen LogP contribution in [0.3, 0.4) is 0 Å². The standard InChI is InChI=1S/C39H47F3N4O2S2/c1-24-14-18-45-34(42)32(41)33-29(24)15-19-49-23-38(3,4)16-9-17-39(5,27-11-8-10-26(21-27)20-25(2)36(47)48-7)37(43)46-35(44-6)30-22-28(50-33)12-13-31(30)40/h8,10-14,18,21-22,25H,9,15-17,19-20,23H2,1-7H3,(H2,43,44,46)/b18-14-,24-14?,29-24+,33-29?,33-32-,34-32?,45-18?,45-34-/t25?,39-/m1/s1. The molecule has 6 nitrogen and oxygen atoms in total. The Morgan fingerprint density at radius 3 is 2.60 bits per heavy atom. The summed E-state index contributed by atoms with van der Waals surface area (Å²) in [5.74, 6) is -1.71. The van der Waals surface area contributed by atoms with Crippen LogP contribution in [0.1, 0.15) is 77.0 Å². The lowest BCUT2D eigenvalue weighted by atomic mass is 9.74. The van der Waals surface area contributed by atoms with Gasteiger partial charge < -0.3 is 10.1 Å². The SMILES string of the molecule is CN/C1=N\C(=N)[C@@](C)(c2cccc(CC(C)C(=O)OC)c2)CCCC(C)(C)CSCCC2=C(C)\C=C/N=C(F)/C(F)=C\2Sc2ccc(F)c1c2. The van der Waals surface area contributed by atoms with Gasteiger partial charge in [0.1, 0.15) is 17.5 Å². The number of aliphatic imine (C=N–C) groups is 2. The Kier molecular flexibility index (Phi) is 13.4. The van der Waals surface area contributed by atoms with Gasteiger partial charge in [-0.15, -0.1) is 0 Å². The minimum Gasteiger partial charge on any atom is -0.469 e. The van der Waals surface area contributed by atoms with E-state index in [0.717, 1.165) is 47.1 Å². The molecule has 2 aromatic rings. The molecule has 2 aliphatic heterocycles. The van der Waals surface area contributed by atoms with E-state index in [4.69, 9.17) is 9.73 Å². The molecule has 0 aliphatic carbocycles. The zero-order valence-corrected chi connectivity index (χ0v) is 31.5. The first-order chi connectivity index (χ1) is 23.7. The maximum absolute atomic E-state index is 15.7. The number of carbonyl (C=O) groups excluding carboxylic acids is 1. The molecule has 0 spiro atoms. The number of carbonyl (C=O) groups is 1. The Morgan fingerprint density at radius 2 is 1.88 bits per heavy atom. The quantitative estimate of drug-likeness (QED) is 0.307. The zero-order valence-electron chi connectivity index (χ0n) is 29.9. The predicted molar refractivity (Wildman–Crippen MR) is 202 cm³/mol. The molecule has 268 valence electrons. The summed E-state index contributed by atoms with van der Waals surface area (Å²) in [6.07, 6.45) is 6.24. The van der Waals surface area contributed by atoms with Crippen LogP contribution < -0.4 is 5.32 Å². The summed E-state index contributed by atoms with van der Waals surface area (Å²) in [6, 6.07) is 12.2. The maximum Gasteiger partial charge on any atom is 0.308 e. The molecule has 0 saturated carbocycles. The molecule has 0 aromatic heterocycles. The van der Waals surface area contributed by atoms with Crippen molar-refractivity contribution in [3.63, 3.8) is 0 Å². The number of methoxy groups -OCH3 is 1. The number of halogens is 3. The third kappa shape index (κ3) is 9.60. The van der Waals surface area contributed by atoms with Crippen LogP contribution in [-0.2, 0) is 21.4 Å². The molecule has 0 amide bonds. The highest BCUT2D eigenvalue weighted by molar-refractivity contribution is 8.03. The third-order valence-corrected chi connectivity index (χ3v) is 11.9. The van der Waals surface area contributed by atoms with E-state index in [9.17, 15) is 14.6 Å². The van der Waals surface area contributed by atoms with Gasteiger partial charge in [0, 0.05) is 18.1 Å². The van der Waals surface area contributed by atoms with Crippen LogP contribution in [0.25, 0.3) is 0 Å². The monoisotopic (exact) mass is 724 g/mol. The first kappa shape index (κ1) is 39.2. The number of rotatable bonds is 4. The Morgan fingerprint density at radius 1 is 1.12 bits per heavy atom. The number of esters is 1. The fourth-order valence-corrected chi connectivity index (χ4v) is 8.44. The number of benzene rings is 2. The fraction of sp³-hybridized carbons (Fsp3) is 0.436. The van der Waals surface area contributed by atoms with Gasteiger partial charge >= 0.3 is 5.97 Å². The van der Waals surface area contributed by atoms with Crippen molar-refractivity contribution in [1.29, 1.82) is 5.41 Å². The summed E-state index contributed by atoms with van der Waals surface area (Å²) in [7, 11) is 2.99. The summed E-state index contributed by atoms with van der Waals surface area (Å²) in [4.78, 5) is 21.1. The third-order valence-electron chi connectivity index (χ3n) is 9.27. The number of ether oxygens (including phenoxy) is 1. The van der Waals surface area contributed by atoms with Gasteiger partial charge in [-0.25, -0.2) is 18.8 Å². The average molecular weight is 725 g/mol. The summed E-state index contributed by atoms with van der Waals surface area (Å²) < 4.78 is 51.0. The molecule has 0 saturated heterocycles. The Labute approximate surface area is 302 Å². The molecule has 2 N–H and O–H groups in total. The maximum atomic E-state index is 15.7. The van der Waals surface area contributed by atoms with Gasteiger partial charge in [0.2, 0.25) is 5.97 Å². The van der Waals surface area contributed by atoms with E-state index < -0.39 is 23.0 Å². The van der Waals surface area contributed by atoms with Gasteiger partial charge in [-0.1, -0.05) is 63.2 Å². The highest BCUT2D eigenvalue weighted by Gasteiger charge is 2.34. The molecule has 2 aromatic carbocycles. The minimum atomic E-state index is -1.21. The summed E-state index contributed by atoms with van der Waals surface area (Å²) in [6.45, 7) is 10.1. The van der Waals surface area contributed by atoms with Crippen LogP contribution >= 0.6 is 23.5 Å². The second-order valence-electron chi connectivity index (χ2n) is 13.8. The summed E-state index contributed by atoms with van der Waals surface area (Å²) >= 11 is 2.79. The highest BCUT2D eigenvalue weighted by Crippen LogP contribution is 2.41. The van der Waals surface area contributed by atoms with Crippen molar-refractivity contribution in [2.45, 2.75) is 77.0 Å². The van der Waals surface area contributed by atoms with Gasteiger partial charge in [-0.2, -0.15) is 16.2 Å².